The highest BCUT2D eigenvalue weighted by atomic mass is 15.0. The summed E-state index contributed by atoms with van der Waals surface area (Å²) in [5, 5.41) is 9.52. The number of hydrogen-bond acceptors (Lipinski definition) is 3. The topological polar surface area (TPSA) is 38.7 Å². The lowest BCUT2D eigenvalue weighted by molar-refractivity contribution is 1.08. The van der Waals surface area contributed by atoms with Gasteiger partial charge in [-0.25, -0.2) is 15.0 Å². The summed E-state index contributed by atoms with van der Waals surface area (Å²) in [6.45, 7) is 0. The van der Waals surface area contributed by atoms with Crippen molar-refractivity contribution in [2.75, 3.05) is 0 Å². The number of benzene rings is 9. The fourth-order valence-corrected chi connectivity index (χ4v) is 7.39. The van der Waals surface area contributed by atoms with Gasteiger partial charge in [0, 0.05) is 16.7 Å². The van der Waals surface area contributed by atoms with Crippen molar-refractivity contribution in [2.24, 2.45) is 0 Å². The van der Waals surface area contributed by atoms with E-state index >= 15 is 0 Å². The van der Waals surface area contributed by atoms with Crippen molar-refractivity contribution in [1.82, 2.24) is 15.0 Å². The van der Waals surface area contributed by atoms with Gasteiger partial charge in [0.1, 0.15) is 0 Å². The predicted octanol–water partition coefficient (Wildman–Crippen LogP) is 12.8. The van der Waals surface area contributed by atoms with Gasteiger partial charge >= 0.3 is 0 Å². The summed E-state index contributed by atoms with van der Waals surface area (Å²) in [5.41, 5.74) is 7.44. The van der Waals surface area contributed by atoms with Crippen molar-refractivity contribution in [3.63, 3.8) is 0 Å². The Balaban J connectivity index is 1.17. The van der Waals surface area contributed by atoms with Gasteiger partial charge in [-0.3, -0.25) is 0 Å². The van der Waals surface area contributed by atoms with Crippen LogP contribution in [0.2, 0.25) is 0 Å². The van der Waals surface area contributed by atoms with Crippen LogP contribution < -0.4 is 0 Å². The van der Waals surface area contributed by atoms with Crippen LogP contribution in [0, 0.1) is 0 Å². The lowest BCUT2D eigenvalue weighted by Crippen LogP contribution is -2.01. The Morgan fingerprint density at radius 3 is 1.54 bits per heavy atom. The molecule has 0 N–H and O–H groups in total. The average molecular weight is 662 g/mol. The van der Waals surface area contributed by atoms with Crippen molar-refractivity contribution in [3.05, 3.63) is 188 Å². The van der Waals surface area contributed by atoms with Crippen molar-refractivity contribution < 1.29 is 0 Å². The zero-order valence-electron chi connectivity index (χ0n) is 28.2. The summed E-state index contributed by atoms with van der Waals surface area (Å²) in [7, 11) is 0. The number of nitrogens with zero attached hydrogens (tertiary/aromatic N) is 3. The smallest absolute Gasteiger partial charge is 0.164 e. The third-order valence-corrected chi connectivity index (χ3v) is 10.1. The molecule has 0 aliphatic carbocycles. The van der Waals surface area contributed by atoms with Crippen molar-refractivity contribution in [1.29, 1.82) is 0 Å². The minimum Gasteiger partial charge on any atom is -0.208 e. The molecule has 1 heterocycles. The van der Waals surface area contributed by atoms with Crippen molar-refractivity contribution in [3.8, 4) is 56.4 Å². The Kier molecular flexibility index (Phi) is 7.14. The maximum absolute atomic E-state index is 5.25. The minimum absolute atomic E-state index is 0.637. The summed E-state index contributed by atoms with van der Waals surface area (Å²) in [6, 6.07) is 66.5. The maximum Gasteiger partial charge on any atom is 0.164 e. The standard InChI is InChI=1S/C49H31N3/c1-2-11-32(12-3-1)34-21-24-35(25-22-34)47-50-48(41-18-10-17-38(28-41)40-26-23-33-13-4-5-14-36(33)27-40)52-49(51-47)46-31-42-29-37-15-6-7-16-39(37)30-45(42)43-19-8-9-20-44(43)46/h1-31H. The van der Waals surface area contributed by atoms with Crippen LogP contribution >= 0.6 is 0 Å². The lowest BCUT2D eigenvalue weighted by atomic mass is 9.94. The van der Waals surface area contributed by atoms with Gasteiger partial charge in [0.15, 0.2) is 17.5 Å². The molecular weight excluding hydrogens is 631 g/mol. The fraction of sp³-hybridized carbons (Fsp3) is 0. The molecule has 0 radical (unpaired) electrons. The average Bonchev–Trinajstić information content (AvgIpc) is 3.23. The van der Waals surface area contributed by atoms with Gasteiger partial charge in [0.05, 0.1) is 0 Å². The van der Waals surface area contributed by atoms with Gasteiger partial charge in [0.25, 0.3) is 0 Å². The predicted molar refractivity (Wildman–Crippen MR) is 217 cm³/mol. The first-order valence-corrected chi connectivity index (χ1v) is 17.6. The Labute approximate surface area is 301 Å². The van der Waals surface area contributed by atoms with E-state index in [1.165, 1.54) is 37.9 Å². The van der Waals surface area contributed by atoms with Crippen LogP contribution in [0.4, 0.5) is 0 Å². The van der Waals surface area contributed by atoms with E-state index in [0.29, 0.717) is 17.5 Å². The molecule has 1 aromatic heterocycles. The monoisotopic (exact) mass is 661 g/mol. The molecule has 0 atom stereocenters. The van der Waals surface area contributed by atoms with Crippen LogP contribution in [0.25, 0.3) is 99.5 Å². The number of fused-ring (bicyclic) bond motifs is 5. The first-order chi connectivity index (χ1) is 25.7. The second-order valence-corrected chi connectivity index (χ2v) is 13.3. The molecule has 0 spiro atoms. The Morgan fingerprint density at radius 2 is 0.750 bits per heavy atom. The third-order valence-electron chi connectivity index (χ3n) is 10.1. The Bertz CT molecular complexity index is 2950. The molecule has 10 aromatic rings. The Morgan fingerprint density at radius 1 is 0.231 bits per heavy atom. The fourth-order valence-electron chi connectivity index (χ4n) is 7.39. The molecule has 9 aromatic carbocycles. The van der Waals surface area contributed by atoms with Gasteiger partial charge in [-0.15, -0.1) is 0 Å². The zero-order valence-corrected chi connectivity index (χ0v) is 28.2. The lowest BCUT2D eigenvalue weighted by Gasteiger charge is -2.14. The first-order valence-electron chi connectivity index (χ1n) is 17.6. The Hall–Kier alpha value is -6.97. The molecule has 242 valence electrons. The van der Waals surface area contributed by atoms with E-state index < -0.39 is 0 Å². The molecule has 52 heavy (non-hydrogen) atoms. The molecule has 0 saturated heterocycles. The van der Waals surface area contributed by atoms with Gasteiger partial charge < -0.3 is 0 Å². The first kappa shape index (κ1) is 29.9. The van der Waals surface area contributed by atoms with Crippen LogP contribution in [-0.2, 0) is 0 Å². The van der Waals surface area contributed by atoms with E-state index in [1.807, 2.05) is 6.07 Å². The normalized spacial score (nSPS) is 11.5. The van der Waals surface area contributed by atoms with E-state index in [1.54, 1.807) is 0 Å². The summed E-state index contributed by atoms with van der Waals surface area (Å²) < 4.78 is 0. The van der Waals surface area contributed by atoms with Crippen molar-refractivity contribution in [2.45, 2.75) is 0 Å². The largest absolute Gasteiger partial charge is 0.208 e. The number of hydrogen-bond donors (Lipinski definition) is 0. The molecule has 3 nitrogen and oxygen atoms in total. The summed E-state index contributed by atoms with van der Waals surface area (Å²) in [6.07, 6.45) is 0. The highest BCUT2D eigenvalue weighted by Crippen LogP contribution is 2.37. The zero-order chi connectivity index (χ0) is 34.4. The highest BCUT2D eigenvalue weighted by Gasteiger charge is 2.17. The molecule has 3 heteroatoms. The SMILES string of the molecule is c1ccc(-c2ccc(-c3nc(-c4cccc(-c5ccc6ccccc6c5)c4)nc(-c4cc5cc6ccccc6cc5c5ccccc45)n3)cc2)cc1. The minimum atomic E-state index is 0.637. The van der Waals surface area contributed by atoms with Gasteiger partial charge in [0.2, 0.25) is 0 Å². The highest BCUT2D eigenvalue weighted by molar-refractivity contribution is 6.16. The van der Waals surface area contributed by atoms with E-state index in [-0.39, 0.29) is 0 Å². The molecule has 0 saturated carbocycles. The van der Waals surface area contributed by atoms with E-state index in [9.17, 15) is 0 Å². The molecule has 10 rings (SSSR count). The molecule has 0 amide bonds. The quantitative estimate of drug-likeness (QED) is 0.136. The number of rotatable bonds is 5. The van der Waals surface area contributed by atoms with Gasteiger partial charge in [-0.2, -0.15) is 0 Å². The summed E-state index contributed by atoms with van der Waals surface area (Å²) in [4.78, 5) is 15.6. The molecular formula is C49H31N3. The van der Waals surface area contributed by atoms with Gasteiger partial charge in [-0.05, 0) is 95.7 Å². The third kappa shape index (κ3) is 5.37. The second kappa shape index (κ2) is 12.4. The van der Waals surface area contributed by atoms with Crippen LogP contribution in [0.15, 0.2) is 188 Å². The van der Waals surface area contributed by atoms with Crippen LogP contribution in [0.1, 0.15) is 0 Å². The van der Waals surface area contributed by atoms with Crippen LogP contribution in [0.3, 0.4) is 0 Å². The van der Waals surface area contributed by atoms with Crippen LogP contribution in [-0.4, -0.2) is 15.0 Å². The van der Waals surface area contributed by atoms with Crippen LogP contribution in [0.5, 0.6) is 0 Å². The second-order valence-electron chi connectivity index (χ2n) is 13.3. The van der Waals surface area contributed by atoms with Gasteiger partial charge in [-0.1, -0.05) is 158 Å². The molecule has 0 fully saturated rings. The summed E-state index contributed by atoms with van der Waals surface area (Å²) >= 11 is 0. The molecule has 0 bridgehead atoms. The summed E-state index contributed by atoms with van der Waals surface area (Å²) in [5.74, 6) is 1.92. The molecule has 0 aliphatic rings. The maximum atomic E-state index is 5.25. The van der Waals surface area contributed by atoms with E-state index in [2.05, 4.69) is 182 Å². The van der Waals surface area contributed by atoms with E-state index in [4.69, 9.17) is 15.0 Å². The number of aromatic nitrogens is 3. The molecule has 0 unspecified atom stereocenters. The molecule has 0 aliphatic heterocycles. The van der Waals surface area contributed by atoms with E-state index in [0.717, 1.165) is 44.2 Å². The van der Waals surface area contributed by atoms with Crippen molar-refractivity contribution >= 4 is 43.1 Å².